The maximum Gasteiger partial charge on any atom is 0.221 e. The van der Waals surface area contributed by atoms with Crippen LogP contribution in [0.4, 0.5) is 0 Å². The zero-order valence-electron chi connectivity index (χ0n) is 12.7. The van der Waals surface area contributed by atoms with Crippen molar-refractivity contribution in [1.29, 1.82) is 0 Å². The van der Waals surface area contributed by atoms with Gasteiger partial charge in [-0.25, -0.2) is 0 Å². The minimum atomic E-state index is -0.154. The van der Waals surface area contributed by atoms with E-state index in [9.17, 15) is 4.79 Å². The Morgan fingerprint density at radius 3 is 2.47 bits per heavy atom. The van der Waals surface area contributed by atoms with E-state index in [4.69, 9.17) is 0 Å². The molecule has 1 aromatic rings. The SMILES string of the molecule is Cc1ccccc1C(C)NCCC(=O)NC(C)(C)C. The first-order valence-electron chi connectivity index (χ1n) is 6.89. The smallest absolute Gasteiger partial charge is 0.221 e. The van der Waals surface area contributed by atoms with Crippen LogP contribution in [-0.4, -0.2) is 18.0 Å². The first-order chi connectivity index (χ1) is 8.79. The summed E-state index contributed by atoms with van der Waals surface area (Å²) in [4.78, 5) is 11.7. The quantitative estimate of drug-likeness (QED) is 0.856. The van der Waals surface area contributed by atoms with Gasteiger partial charge in [-0.2, -0.15) is 0 Å². The van der Waals surface area contributed by atoms with E-state index in [1.54, 1.807) is 0 Å². The van der Waals surface area contributed by atoms with Gasteiger partial charge in [0.05, 0.1) is 0 Å². The lowest BCUT2D eigenvalue weighted by atomic mass is 10.0. The van der Waals surface area contributed by atoms with Crippen molar-refractivity contribution in [3.8, 4) is 0 Å². The zero-order valence-corrected chi connectivity index (χ0v) is 12.7. The Balaban J connectivity index is 2.38. The molecular weight excluding hydrogens is 236 g/mol. The number of amides is 1. The minimum Gasteiger partial charge on any atom is -0.351 e. The molecule has 2 N–H and O–H groups in total. The van der Waals surface area contributed by atoms with E-state index < -0.39 is 0 Å². The van der Waals surface area contributed by atoms with Crippen molar-refractivity contribution >= 4 is 5.91 Å². The fourth-order valence-corrected chi connectivity index (χ4v) is 2.07. The molecule has 0 aromatic heterocycles. The van der Waals surface area contributed by atoms with Gasteiger partial charge in [0.25, 0.3) is 0 Å². The molecule has 1 amide bonds. The number of nitrogens with one attached hydrogen (secondary N) is 2. The molecule has 0 fully saturated rings. The Bertz CT molecular complexity index is 421. The molecule has 0 spiro atoms. The average molecular weight is 262 g/mol. The van der Waals surface area contributed by atoms with Crippen LogP contribution in [0.2, 0.25) is 0 Å². The van der Waals surface area contributed by atoms with Crippen molar-refractivity contribution in [3.05, 3.63) is 35.4 Å². The molecule has 1 unspecified atom stereocenters. The second kappa shape index (κ2) is 6.71. The van der Waals surface area contributed by atoms with Gasteiger partial charge in [0.2, 0.25) is 5.91 Å². The second-order valence-electron chi connectivity index (χ2n) is 6.08. The van der Waals surface area contributed by atoms with Crippen LogP contribution in [0.3, 0.4) is 0 Å². The fraction of sp³-hybridized carbons (Fsp3) is 0.562. The van der Waals surface area contributed by atoms with Gasteiger partial charge < -0.3 is 10.6 Å². The third kappa shape index (κ3) is 5.88. The minimum absolute atomic E-state index is 0.0944. The van der Waals surface area contributed by atoms with Crippen LogP contribution in [-0.2, 0) is 4.79 Å². The number of carbonyl (C=O) groups excluding carboxylic acids is 1. The van der Waals surface area contributed by atoms with Crippen LogP contribution in [0.1, 0.15) is 51.3 Å². The number of rotatable bonds is 5. The molecular formula is C16H26N2O. The summed E-state index contributed by atoms with van der Waals surface area (Å²) in [5, 5.41) is 6.36. The Morgan fingerprint density at radius 2 is 1.89 bits per heavy atom. The van der Waals surface area contributed by atoms with Gasteiger partial charge in [0, 0.05) is 24.5 Å². The first-order valence-corrected chi connectivity index (χ1v) is 6.89. The lowest BCUT2D eigenvalue weighted by Crippen LogP contribution is -2.41. The van der Waals surface area contributed by atoms with Crippen molar-refractivity contribution < 1.29 is 4.79 Å². The molecule has 0 saturated carbocycles. The maximum absolute atomic E-state index is 11.7. The summed E-state index contributed by atoms with van der Waals surface area (Å²) < 4.78 is 0. The average Bonchev–Trinajstić information content (AvgIpc) is 2.26. The molecule has 0 bridgehead atoms. The van der Waals surface area contributed by atoms with E-state index in [0.717, 1.165) is 0 Å². The van der Waals surface area contributed by atoms with Crippen LogP contribution in [0.25, 0.3) is 0 Å². The number of benzene rings is 1. The van der Waals surface area contributed by atoms with E-state index in [1.165, 1.54) is 11.1 Å². The molecule has 3 heteroatoms. The summed E-state index contributed by atoms with van der Waals surface area (Å²) in [6.45, 7) is 10.9. The van der Waals surface area contributed by atoms with Crippen LogP contribution in [0.5, 0.6) is 0 Å². The highest BCUT2D eigenvalue weighted by Crippen LogP contribution is 2.16. The summed E-state index contributed by atoms with van der Waals surface area (Å²) >= 11 is 0. The maximum atomic E-state index is 11.7. The van der Waals surface area contributed by atoms with Gasteiger partial charge in [-0.3, -0.25) is 4.79 Å². The Morgan fingerprint density at radius 1 is 1.26 bits per heavy atom. The zero-order chi connectivity index (χ0) is 14.5. The molecule has 19 heavy (non-hydrogen) atoms. The van der Waals surface area contributed by atoms with Crippen LogP contribution in [0, 0.1) is 6.92 Å². The third-order valence-electron chi connectivity index (χ3n) is 2.97. The van der Waals surface area contributed by atoms with Crippen molar-refractivity contribution in [3.63, 3.8) is 0 Å². The Hall–Kier alpha value is -1.35. The Kier molecular flexibility index (Phi) is 5.55. The molecule has 0 aliphatic heterocycles. The van der Waals surface area contributed by atoms with E-state index in [2.05, 4.69) is 36.6 Å². The van der Waals surface area contributed by atoms with Gasteiger partial charge in [0.15, 0.2) is 0 Å². The highest BCUT2D eigenvalue weighted by atomic mass is 16.1. The van der Waals surface area contributed by atoms with Gasteiger partial charge in [0.1, 0.15) is 0 Å². The molecule has 0 radical (unpaired) electrons. The number of carbonyl (C=O) groups is 1. The van der Waals surface area contributed by atoms with E-state index in [1.807, 2.05) is 32.9 Å². The highest BCUT2D eigenvalue weighted by Gasteiger charge is 2.13. The van der Waals surface area contributed by atoms with Gasteiger partial charge in [-0.15, -0.1) is 0 Å². The number of aryl methyl sites for hydroxylation is 1. The monoisotopic (exact) mass is 262 g/mol. The molecule has 1 aromatic carbocycles. The van der Waals surface area contributed by atoms with Crippen molar-refractivity contribution in [1.82, 2.24) is 10.6 Å². The molecule has 0 aliphatic rings. The summed E-state index contributed by atoms with van der Waals surface area (Å²) in [6, 6.07) is 8.60. The predicted molar refractivity (Wildman–Crippen MR) is 80.1 cm³/mol. The Labute approximate surface area is 116 Å². The number of hydrogen-bond donors (Lipinski definition) is 2. The van der Waals surface area contributed by atoms with Crippen molar-refractivity contribution in [2.75, 3.05) is 6.54 Å². The number of hydrogen-bond acceptors (Lipinski definition) is 2. The van der Waals surface area contributed by atoms with Crippen LogP contribution >= 0.6 is 0 Å². The van der Waals surface area contributed by atoms with Crippen molar-refractivity contribution in [2.45, 2.75) is 52.6 Å². The molecule has 0 aliphatic carbocycles. The lowest BCUT2D eigenvalue weighted by Gasteiger charge is -2.21. The molecule has 3 nitrogen and oxygen atoms in total. The molecule has 1 rings (SSSR count). The summed E-state index contributed by atoms with van der Waals surface area (Å²) in [5.41, 5.74) is 2.42. The van der Waals surface area contributed by atoms with E-state index in [-0.39, 0.29) is 17.5 Å². The topological polar surface area (TPSA) is 41.1 Å². The normalized spacial score (nSPS) is 13.1. The van der Waals surface area contributed by atoms with Crippen molar-refractivity contribution in [2.24, 2.45) is 0 Å². The summed E-state index contributed by atoms with van der Waals surface area (Å²) in [7, 11) is 0. The molecule has 1 atom stereocenters. The van der Waals surface area contributed by atoms with E-state index in [0.29, 0.717) is 13.0 Å². The highest BCUT2D eigenvalue weighted by molar-refractivity contribution is 5.76. The molecule has 0 heterocycles. The van der Waals surface area contributed by atoms with E-state index >= 15 is 0 Å². The summed E-state index contributed by atoms with van der Waals surface area (Å²) in [6.07, 6.45) is 0.507. The van der Waals surface area contributed by atoms with Gasteiger partial charge in [-0.05, 0) is 45.7 Å². The second-order valence-corrected chi connectivity index (χ2v) is 6.08. The fourth-order valence-electron chi connectivity index (χ4n) is 2.07. The largest absolute Gasteiger partial charge is 0.351 e. The molecule has 0 saturated heterocycles. The van der Waals surface area contributed by atoms with Crippen LogP contribution in [0.15, 0.2) is 24.3 Å². The molecule has 106 valence electrons. The van der Waals surface area contributed by atoms with Gasteiger partial charge >= 0.3 is 0 Å². The first kappa shape index (κ1) is 15.7. The third-order valence-corrected chi connectivity index (χ3v) is 2.97. The standard InChI is InChI=1S/C16H26N2O/c1-12-8-6-7-9-14(12)13(2)17-11-10-15(19)18-16(3,4)5/h6-9,13,17H,10-11H2,1-5H3,(H,18,19). The summed E-state index contributed by atoms with van der Waals surface area (Å²) in [5.74, 6) is 0.0944. The predicted octanol–water partition coefficient (Wildman–Crippen LogP) is 2.95. The van der Waals surface area contributed by atoms with Crippen LogP contribution < -0.4 is 10.6 Å². The van der Waals surface area contributed by atoms with Gasteiger partial charge in [-0.1, -0.05) is 24.3 Å². The lowest BCUT2D eigenvalue weighted by molar-refractivity contribution is -0.122.